The van der Waals surface area contributed by atoms with Crippen molar-refractivity contribution in [2.24, 2.45) is 0 Å². The van der Waals surface area contributed by atoms with Crippen LogP contribution in [-0.4, -0.2) is 66.8 Å². The first-order chi connectivity index (χ1) is 20.4. The molecule has 13 heteroatoms. The summed E-state index contributed by atoms with van der Waals surface area (Å²) in [6, 6.07) is 8.00. The molecule has 0 atom stereocenters. The van der Waals surface area contributed by atoms with Gasteiger partial charge in [0.25, 0.3) is 5.88 Å². The number of nitrogens with zero attached hydrogens (tertiary/aromatic N) is 2. The van der Waals surface area contributed by atoms with Crippen molar-refractivity contribution in [2.45, 2.75) is 32.2 Å². The van der Waals surface area contributed by atoms with Crippen LogP contribution in [0.15, 0.2) is 48.6 Å². The van der Waals surface area contributed by atoms with Gasteiger partial charge < -0.3 is 33.7 Å². The zero-order valence-corrected chi connectivity index (χ0v) is 22.7. The lowest BCUT2D eigenvalue weighted by molar-refractivity contribution is -0.145. The van der Waals surface area contributed by atoms with Crippen LogP contribution >= 0.6 is 0 Å². The molecule has 1 saturated heterocycles. The summed E-state index contributed by atoms with van der Waals surface area (Å²) < 4.78 is 32.2. The Labute approximate surface area is 241 Å². The molecule has 13 nitrogen and oxygen atoms in total. The Bertz CT molecular complexity index is 1410. The first-order valence-corrected chi connectivity index (χ1v) is 13.5. The van der Waals surface area contributed by atoms with E-state index in [1.54, 1.807) is 0 Å². The highest BCUT2D eigenvalue weighted by molar-refractivity contribution is 5.97. The van der Waals surface area contributed by atoms with Gasteiger partial charge in [0, 0.05) is 37.4 Å². The summed E-state index contributed by atoms with van der Waals surface area (Å²) in [6.45, 7) is 3.15. The lowest BCUT2D eigenvalue weighted by Gasteiger charge is -2.26. The van der Waals surface area contributed by atoms with Gasteiger partial charge in [-0.2, -0.15) is 4.98 Å². The van der Waals surface area contributed by atoms with E-state index in [0.29, 0.717) is 19.6 Å². The largest absolute Gasteiger partial charge is 0.494 e. The number of pyridine rings is 1. The standard InChI is InChI=1S/C29H29N3O10/c33-21-8-9-24(36)42-29-27-25(40-22(34)10-11-23(35)41-27)26(39-18-38-21)28(31-29)30-12-5-15-37-20-7-4-6-19(16-20)17-32-13-2-1-3-14-32/h4,6-11,16H,1-3,5,12-15,17-18H2,(H,30,31)/b9-8-,11-10-. The molecule has 1 aromatic carbocycles. The second kappa shape index (κ2) is 13.6. The van der Waals surface area contributed by atoms with Gasteiger partial charge in [0.1, 0.15) is 5.75 Å². The van der Waals surface area contributed by atoms with Crippen LogP contribution in [-0.2, 0) is 30.5 Å². The van der Waals surface area contributed by atoms with Crippen LogP contribution < -0.4 is 29.0 Å². The van der Waals surface area contributed by atoms with Gasteiger partial charge in [-0.1, -0.05) is 18.6 Å². The molecule has 0 amide bonds. The van der Waals surface area contributed by atoms with Crippen LogP contribution in [0.5, 0.6) is 28.9 Å². The molecule has 1 N–H and O–H groups in total. The van der Waals surface area contributed by atoms with Crippen molar-refractivity contribution in [3.8, 4) is 28.9 Å². The molecular weight excluding hydrogens is 550 g/mol. The Kier molecular flexibility index (Phi) is 9.29. The number of nitrogens with one attached hydrogen (secondary N) is 1. The van der Waals surface area contributed by atoms with Gasteiger partial charge in [-0.05, 0) is 50.0 Å². The number of anilines is 1. The van der Waals surface area contributed by atoms with Crippen molar-refractivity contribution in [3.05, 3.63) is 54.1 Å². The molecule has 6 rings (SSSR count). The van der Waals surface area contributed by atoms with Crippen LogP contribution in [0.2, 0.25) is 0 Å². The van der Waals surface area contributed by atoms with E-state index >= 15 is 0 Å². The van der Waals surface area contributed by atoms with Gasteiger partial charge in [0.2, 0.25) is 24.0 Å². The van der Waals surface area contributed by atoms with Gasteiger partial charge in [-0.3, -0.25) is 4.90 Å². The summed E-state index contributed by atoms with van der Waals surface area (Å²) >= 11 is 0. The molecule has 4 aliphatic heterocycles. The topological polar surface area (TPSA) is 152 Å². The molecule has 0 saturated carbocycles. The monoisotopic (exact) mass is 579 g/mol. The summed E-state index contributed by atoms with van der Waals surface area (Å²) in [5, 5.41) is 3.02. The SMILES string of the molecule is O=C1/C=C\C(=O)Oc2nc(NCCCOc3cccc(CN4CCCCC4)c3)c(c3c2OC(=O)/C=C\C(=O)O3)OCO1. The Morgan fingerprint density at radius 2 is 1.52 bits per heavy atom. The van der Waals surface area contributed by atoms with Gasteiger partial charge >= 0.3 is 23.9 Å². The number of carbonyl (C=O) groups is 4. The van der Waals surface area contributed by atoms with Crippen LogP contribution in [0, 0.1) is 0 Å². The van der Waals surface area contributed by atoms with E-state index in [0.717, 1.165) is 49.7 Å². The van der Waals surface area contributed by atoms with E-state index in [1.165, 1.54) is 24.8 Å². The van der Waals surface area contributed by atoms with E-state index in [4.69, 9.17) is 28.4 Å². The van der Waals surface area contributed by atoms with E-state index < -0.39 is 42.3 Å². The average molecular weight is 580 g/mol. The Morgan fingerprint density at radius 1 is 0.810 bits per heavy atom. The number of benzene rings is 1. The molecule has 1 aromatic heterocycles. The van der Waals surface area contributed by atoms with Crippen LogP contribution in [0.4, 0.5) is 5.82 Å². The van der Waals surface area contributed by atoms with Crippen LogP contribution in [0.25, 0.3) is 0 Å². The second-order valence-corrected chi connectivity index (χ2v) is 9.52. The molecular formula is C29H29N3O10. The highest BCUT2D eigenvalue weighted by Crippen LogP contribution is 2.48. The number of ether oxygens (including phenoxy) is 6. The fourth-order valence-corrected chi connectivity index (χ4v) is 4.46. The average Bonchev–Trinajstić information content (AvgIpc) is 2.97. The van der Waals surface area contributed by atoms with E-state index in [2.05, 4.69) is 21.3 Å². The third kappa shape index (κ3) is 7.63. The number of esters is 4. The van der Waals surface area contributed by atoms with Gasteiger partial charge in [-0.25, -0.2) is 19.2 Å². The molecule has 42 heavy (non-hydrogen) atoms. The highest BCUT2D eigenvalue weighted by atomic mass is 16.7. The second-order valence-electron chi connectivity index (χ2n) is 9.52. The molecule has 220 valence electrons. The fraction of sp³-hybridized carbons (Fsp3) is 0.345. The zero-order chi connectivity index (χ0) is 29.3. The van der Waals surface area contributed by atoms with Crippen molar-refractivity contribution < 1.29 is 47.6 Å². The Morgan fingerprint density at radius 3 is 2.31 bits per heavy atom. The quantitative estimate of drug-likeness (QED) is 0.361. The molecule has 2 bridgehead atoms. The maximum atomic E-state index is 12.3. The summed E-state index contributed by atoms with van der Waals surface area (Å²) in [4.78, 5) is 55.3. The normalized spacial score (nSPS) is 18.8. The predicted molar refractivity (Wildman–Crippen MR) is 145 cm³/mol. The minimum absolute atomic E-state index is 0.0194. The smallest absolute Gasteiger partial charge is 0.337 e. The molecule has 4 aliphatic rings. The molecule has 0 radical (unpaired) electrons. The Balaban J connectivity index is 1.29. The zero-order valence-electron chi connectivity index (χ0n) is 22.7. The number of rotatable bonds is 8. The molecule has 1 fully saturated rings. The number of piperidine rings is 1. The predicted octanol–water partition coefficient (Wildman–Crippen LogP) is 2.68. The fourth-order valence-electron chi connectivity index (χ4n) is 4.46. The van der Waals surface area contributed by atoms with Crippen molar-refractivity contribution in [1.29, 1.82) is 0 Å². The van der Waals surface area contributed by atoms with Gasteiger partial charge in [0.15, 0.2) is 5.82 Å². The van der Waals surface area contributed by atoms with E-state index in [9.17, 15) is 19.2 Å². The molecule has 0 unspecified atom stereocenters. The van der Waals surface area contributed by atoms with Crippen LogP contribution in [0.3, 0.4) is 0 Å². The maximum absolute atomic E-state index is 12.3. The maximum Gasteiger partial charge on any atom is 0.337 e. The Hall–Kier alpha value is -4.91. The van der Waals surface area contributed by atoms with Crippen molar-refractivity contribution in [3.63, 3.8) is 0 Å². The molecule has 0 spiro atoms. The highest BCUT2D eigenvalue weighted by Gasteiger charge is 2.31. The summed E-state index contributed by atoms with van der Waals surface area (Å²) in [5.74, 6) is -4.56. The summed E-state index contributed by atoms with van der Waals surface area (Å²) in [6.07, 6.45) is 7.60. The minimum Gasteiger partial charge on any atom is -0.494 e. The van der Waals surface area contributed by atoms with Crippen molar-refractivity contribution in [1.82, 2.24) is 9.88 Å². The summed E-state index contributed by atoms with van der Waals surface area (Å²) in [7, 11) is 0. The molecule has 2 aromatic rings. The first kappa shape index (κ1) is 28.6. The number of hydrogen-bond acceptors (Lipinski definition) is 13. The number of aromatic nitrogens is 1. The van der Waals surface area contributed by atoms with Crippen LogP contribution in [0.1, 0.15) is 31.2 Å². The number of carbonyl (C=O) groups excluding carboxylic acids is 4. The number of fused-ring (bicyclic) bond motifs is 7. The third-order valence-electron chi connectivity index (χ3n) is 6.39. The number of hydrogen-bond donors (Lipinski definition) is 1. The van der Waals surface area contributed by atoms with Crippen molar-refractivity contribution in [2.75, 3.05) is 38.4 Å². The third-order valence-corrected chi connectivity index (χ3v) is 6.39. The lowest BCUT2D eigenvalue weighted by Crippen LogP contribution is -2.29. The van der Waals surface area contributed by atoms with Gasteiger partial charge in [0.05, 0.1) is 6.61 Å². The summed E-state index contributed by atoms with van der Waals surface area (Å²) in [5.41, 5.74) is 1.19. The van der Waals surface area contributed by atoms with E-state index in [-0.39, 0.29) is 17.3 Å². The molecule has 0 aliphatic carbocycles. The van der Waals surface area contributed by atoms with Gasteiger partial charge in [-0.15, -0.1) is 0 Å². The minimum atomic E-state index is -1.02. The van der Waals surface area contributed by atoms with Crippen molar-refractivity contribution >= 4 is 29.7 Å². The van der Waals surface area contributed by atoms with E-state index in [1.807, 2.05) is 18.2 Å². The lowest BCUT2D eigenvalue weighted by atomic mass is 10.1. The first-order valence-electron chi connectivity index (χ1n) is 13.5. The molecule has 5 heterocycles. The number of likely N-dealkylation sites (tertiary alicyclic amines) is 1.